The van der Waals surface area contributed by atoms with Crippen molar-refractivity contribution in [3.8, 4) is 6.07 Å². The Labute approximate surface area is 137 Å². The molecule has 0 bridgehead atoms. The monoisotopic (exact) mass is 303 g/mol. The standard InChI is InChI=1S/C20H21N3/c1-14(17-9-8-16-6-4-5-7-18(16)10-17)22-13-19-11-20(12-21)23(3)15(19)2/h4-11,14,22H,13H2,1-3H3. The van der Waals surface area contributed by atoms with Crippen LogP contribution in [0.1, 0.15) is 35.5 Å². The molecule has 1 heterocycles. The van der Waals surface area contributed by atoms with E-state index in [0.29, 0.717) is 5.69 Å². The van der Waals surface area contributed by atoms with Crippen LogP contribution in [0.15, 0.2) is 48.5 Å². The molecule has 0 aliphatic carbocycles. The molecule has 0 amide bonds. The highest BCUT2D eigenvalue weighted by molar-refractivity contribution is 5.83. The minimum Gasteiger partial charge on any atom is -0.340 e. The molecule has 23 heavy (non-hydrogen) atoms. The molecule has 2 aromatic carbocycles. The van der Waals surface area contributed by atoms with Crippen LogP contribution >= 0.6 is 0 Å². The Morgan fingerprint density at radius 1 is 1.13 bits per heavy atom. The molecule has 1 aromatic heterocycles. The number of aromatic nitrogens is 1. The average Bonchev–Trinajstić information content (AvgIpc) is 2.87. The minimum atomic E-state index is 0.254. The van der Waals surface area contributed by atoms with Crippen molar-refractivity contribution >= 4 is 10.8 Å². The van der Waals surface area contributed by atoms with Gasteiger partial charge in [-0.05, 0) is 47.9 Å². The highest BCUT2D eigenvalue weighted by atomic mass is 15.0. The lowest BCUT2D eigenvalue weighted by Gasteiger charge is -2.15. The Kier molecular flexibility index (Phi) is 4.18. The predicted molar refractivity (Wildman–Crippen MR) is 94.1 cm³/mol. The van der Waals surface area contributed by atoms with Crippen molar-refractivity contribution < 1.29 is 0 Å². The van der Waals surface area contributed by atoms with Crippen LogP contribution in [0.25, 0.3) is 10.8 Å². The Bertz CT molecular complexity index is 884. The van der Waals surface area contributed by atoms with E-state index >= 15 is 0 Å². The SMILES string of the molecule is Cc1c(CNC(C)c2ccc3ccccc3c2)cc(C#N)n1C. The number of nitriles is 1. The van der Waals surface area contributed by atoms with Crippen molar-refractivity contribution in [1.82, 2.24) is 9.88 Å². The number of rotatable bonds is 4. The summed E-state index contributed by atoms with van der Waals surface area (Å²) < 4.78 is 1.94. The van der Waals surface area contributed by atoms with Gasteiger partial charge in [0.1, 0.15) is 11.8 Å². The quantitative estimate of drug-likeness (QED) is 0.784. The van der Waals surface area contributed by atoms with Crippen LogP contribution in [0.5, 0.6) is 0 Å². The van der Waals surface area contributed by atoms with E-state index in [1.807, 2.05) is 17.7 Å². The molecular weight excluding hydrogens is 282 g/mol. The number of hydrogen-bond donors (Lipinski definition) is 1. The average molecular weight is 303 g/mol. The fourth-order valence-electron chi connectivity index (χ4n) is 2.91. The summed E-state index contributed by atoms with van der Waals surface area (Å²) in [6, 6.07) is 19.5. The van der Waals surface area contributed by atoms with E-state index in [9.17, 15) is 0 Å². The summed E-state index contributed by atoms with van der Waals surface area (Å²) in [7, 11) is 1.93. The Morgan fingerprint density at radius 3 is 2.57 bits per heavy atom. The first-order valence-electron chi connectivity index (χ1n) is 7.87. The van der Waals surface area contributed by atoms with Gasteiger partial charge in [-0.25, -0.2) is 0 Å². The van der Waals surface area contributed by atoms with Gasteiger partial charge in [-0.3, -0.25) is 0 Å². The van der Waals surface area contributed by atoms with Crippen LogP contribution in [0.3, 0.4) is 0 Å². The summed E-state index contributed by atoms with van der Waals surface area (Å²) in [6.45, 7) is 4.99. The van der Waals surface area contributed by atoms with E-state index in [1.165, 1.54) is 21.9 Å². The molecule has 3 aromatic rings. The van der Waals surface area contributed by atoms with Gasteiger partial charge in [-0.15, -0.1) is 0 Å². The topological polar surface area (TPSA) is 40.8 Å². The number of nitrogens with zero attached hydrogens (tertiary/aromatic N) is 2. The van der Waals surface area contributed by atoms with Gasteiger partial charge in [0.05, 0.1) is 0 Å². The van der Waals surface area contributed by atoms with Gasteiger partial charge in [0, 0.05) is 25.3 Å². The molecule has 0 spiro atoms. The van der Waals surface area contributed by atoms with Crippen LogP contribution in [0, 0.1) is 18.3 Å². The molecule has 1 atom stereocenters. The third kappa shape index (κ3) is 2.99. The Morgan fingerprint density at radius 2 is 1.87 bits per heavy atom. The smallest absolute Gasteiger partial charge is 0.120 e. The van der Waals surface area contributed by atoms with Gasteiger partial charge >= 0.3 is 0 Å². The summed E-state index contributed by atoms with van der Waals surface area (Å²) in [4.78, 5) is 0. The van der Waals surface area contributed by atoms with Gasteiger partial charge < -0.3 is 9.88 Å². The molecular formula is C20H21N3. The normalized spacial score (nSPS) is 12.3. The van der Waals surface area contributed by atoms with Crippen LogP contribution in [-0.2, 0) is 13.6 Å². The molecule has 0 aliphatic rings. The summed E-state index contributed by atoms with van der Waals surface area (Å²) in [5.41, 5.74) is 4.30. The Hall–Kier alpha value is -2.57. The fourth-order valence-corrected chi connectivity index (χ4v) is 2.91. The molecule has 3 nitrogen and oxygen atoms in total. The van der Waals surface area contributed by atoms with Gasteiger partial charge in [-0.1, -0.05) is 36.4 Å². The largest absolute Gasteiger partial charge is 0.340 e. The minimum absolute atomic E-state index is 0.254. The summed E-state index contributed by atoms with van der Waals surface area (Å²) in [6.07, 6.45) is 0. The fraction of sp³-hybridized carbons (Fsp3) is 0.250. The lowest BCUT2D eigenvalue weighted by molar-refractivity contribution is 0.573. The van der Waals surface area contributed by atoms with Crippen molar-refractivity contribution in [2.45, 2.75) is 26.4 Å². The zero-order chi connectivity index (χ0) is 16.4. The maximum atomic E-state index is 9.12. The van der Waals surface area contributed by atoms with Crippen molar-refractivity contribution in [3.63, 3.8) is 0 Å². The molecule has 0 saturated carbocycles. The van der Waals surface area contributed by atoms with E-state index in [4.69, 9.17) is 5.26 Å². The van der Waals surface area contributed by atoms with E-state index in [2.05, 4.69) is 67.7 Å². The van der Waals surface area contributed by atoms with Gasteiger partial charge in [-0.2, -0.15) is 5.26 Å². The maximum Gasteiger partial charge on any atom is 0.120 e. The summed E-state index contributed by atoms with van der Waals surface area (Å²) in [5, 5.41) is 15.2. The first-order valence-corrected chi connectivity index (χ1v) is 7.87. The first-order chi connectivity index (χ1) is 11.1. The zero-order valence-corrected chi connectivity index (χ0v) is 13.8. The van der Waals surface area contributed by atoms with E-state index in [-0.39, 0.29) is 6.04 Å². The van der Waals surface area contributed by atoms with Crippen molar-refractivity contribution in [2.75, 3.05) is 0 Å². The molecule has 0 aliphatic heterocycles. The highest BCUT2D eigenvalue weighted by Crippen LogP contribution is 2.21. The molecule has 0 fully saturated rings. The van der Waals surface area contributed by atoms with Gasteiger partial charge in [0.2, 0.25) is 0 Å². The lowest BCUT2D eigenvalue weighted by atomic mass is 10.0. The molecule has 1 unspecified atom stereocenters. The van der Waals surface area contributed by atoms with Gasteiger partial charge in [0.25, 0.3) is 0 Å². The van der Waals surface area contributed by atoms with Gasteiger partial charge in [0.15, 0.2) is 0 Å². The molecule has 1 N–H and O–H groups in total. The second-order valence-electron chi connectivity index (χ2n) is 6.02. The molecule has 3 heteroatoms. The number of fused-ring (bicyclic) bond motifs is 1. The van der Waals surface area contributed by atoms with Crippen molar-refractivity contribution in [3.05, 3.63) is 71.0 Å². The molecule has 3 rings (SSSR count). The van der Waals surface area contributed by atoms with Crippen molar-refractivity contribution in [2.24, 2.45) is 7.05 Å². The third-order valence-electron chi connectivity index (χ3n) is 4.63. The van der Waals surface area contributed by atoms with Crippen molar-refractivity contribution in [1.29, 1.82) is 5.26 Å². The highest BCUT2D eigenvalue weighted by Gasteiger charge is 2.11. The number of benzene rings is 2. The van der Waals surface area contributed by atoms with Crippen LogP contribution < -0.4 is 5.32 Å². The predicted octanol–water partition coefficient (Wildman–Crippen LogP) is 4.21. The van der Waals surface area contributed by atoms with E-state index < -0.39 is 0 Å². The second-order valence-corrected chi connectivity index (χ2v) is 6.02. The Balaban J connectivity index is 1.76. The van der Waals surface area contributed by atoms with Crippen LogP contribution in [0.4, 0.5) is 0 Å². The number of hydrogen-bond acceptors (Lipinski definition) is 2. The zero-order valence-electron chi connectivity index (χ0n) is 13.8. The van der Waals surface area contributed by atoms with E-state index in [1.54, 1.807) is 0 Å². The maximum absolute atomic E-state index is 9.12. The third-order valence-corrected chi connectivity index (χ3v) is 4.63. The number of nitrogens with one attached hydrogen (secondary N) is 1. The second kappa shape index (κ2) is 6.28. The molecule has 0 saturated heterocycles. The lowest BCUT2D eigenvalue weighted by Crippen LogP contribution is -2.18. The molecule has 0 radical (unpaired) electrons. The molecule has 116 valence electrons. The van der Waals surface area contributed by atoms with E-state index in [0.717, 1.165) is 12.2 Å². The van der Waals surface area contributed by atoms with Crippen LogP contribution in [0.2, 0.25) is 0 Å². The van der Waals surface area contributed by atoms with Crippen LogP contribution in [-0.4, -0.2) is 4.57 Å². The first kappa shape index (κ1) is 15.3. The summed E-state index contributed by atoms with van der Waals surface area (Å²) >= 11 is 0. The summed E-state index contributed by atoms with van der Waals surface area (Å²) in [5.74, 6) is 0.